The number of carbonyl (C=O) groups excluding carboxylic acids is 1. The summed E-state index contributed by atoms with van der Waals surface area (Å²) in [4.78, 5) is 12.1. The third kappa shape index (κ3) is 3.20. The van der Waals surface area contributed by atoms with E-state index >= 15 is 0 Å². The van der Waals surface area contributed by atoms with Crippen LogP contribution in [0.15, 0.2) is 23.4 Å². The fourth-order valence-electron chi connectivity index (χ4n) is 1.97. The maximum atomic E-state index is 12.1. The van der Waals surface area contributed by atoms with Gasteiger partial charge in [-0.25, -0.2) is 0 Å². The number of amides is 1. The topological polar surface area (TPSA) is 87.7 Å². The number of thioether (sulfide) groups is 1. The third-order valence-corrected chi connectivity index (χ3v) is 4.50. The zero-order valence-electron chi connectivity index (χ0n) is 10.7. The fraction of sp³-hybridized carbons (Fsp3) is 0.385. The van der Waals surface area contributed by atoms with Gasteiger partial charge >= 0.3 is 0 Å². The first-order chi connectivity index (χ1) is 9.11. The van der Waals surface area contributed by atoms with Crippen LogP contribution in [0.3, 0.4) is 0 Å². The van der Waals surface area contributed by atoms with Crippen molar-refractivity contribution in [3.8, 4) is 0 Å². The van der Waals surface area contributed by atoms with Gasteiger partial charge in [0.15, 0.2) is 5.84 Å². The van der Waals surface area contributed by atoms with Crippen molar-refractivity contribution in [1.82, 2.24) is 0 Å². The van der Waals surface area contributed by atoms with Crippen LogP contribution in [-0.2, 0) is 4.79 Å². The van der Waals surface area contributed by atoms with Gasteiger partial charge in [-0.2, -0.15) is 0 Å². The predicted octanol–water partition coefficient (Wildman–Crippen LogP) is 1.92. The van der Waals surface area contributed by atoms with Crippen LogP contribution in [-0.4, -0.2) is 28.0 Å². The number of oxime groups is 1. The van der Waals surface area contributed by atoms with E-state index in [0.29, 0.717) is 11.3 Å². The van der Waals surface area contributed by atoms with Crippen LogP contribution in [0, 0.1) is 6.92 Å². The second-order valence-electron chi connectivity index (χ2n) is 4.51. The molecule has 0 bridgehead atoms. The second-order valence-corrected chi connectivity index (χ2v) is 5.82. The first-order valence-electron chi connectivity index (χ1n) is 6.13. The molecule has 1 aromatic carbocycles. The van der Waals surface area contributed by atoms with Crippen LogP contribution in [0.4, 0.5) is 5.69 Å². The lowest BCUT2D eigenvalue weighted by molar-refractivity contribution is -0.115. The minimum absolute atomic E-state index is 0.0299. The maximum Gasteiger partial charge on any atom is 0.237 e. The zero-order valence-corrected chi connectivity index (χ0v) is 11.5. The molecule has 2 rings (SSSR count). The lowest BCUT2D eigenvalue weighted by Crippen LogP contribution is -2.23. The van der Waals surface area contributed by atoms with E-state index in [4.69, 9.17) is 10.9 Å². The molecule has 1 aliphatic heterocycles. The Morgan fingerprint density at radius 2 is 2.37 bits per heavy atom. The van der Waals surface area contributed by atoms with Gasteiger partial charge in [0.1, 0.15) is 0 Å². The molecule has 0 aliphatic carbocycles. The summed E-state index contributed by atoms with van der Waals surface area (Å²) >= 11 is 1.69. The number of hydrogen-bond donors (Lipinski definition) is 3. The Morgan fingerprint density at radius 1 is 1.58 bits per heavy atom. The Kier molecular flexibility index (Phi) is 4.31. The molecule has 1 unspecified atom stereocenters. The number of rotatable bonds is 3. The van der Waals surface area contributed by atoms with Gasteiger partial charge in [0, 0.05) is 11.3 Å². The van der Waals surface area contributed by atoms with E-state index in [9.17, 15) is 4.79 Å². The lowest BCUT2D eigenvalue weighted by atomic mass is 10.1. The Bertz CT molecular complexity index is 511. The molecule has 5 nitrogen and oxygen atoms in total. The molecule has 1 atom stereocenters. The van der Waals surface area contributed by atoms with Crippen molar-refractivity contribution < 1.29 is 10.0 Å². The minimum Gasteiger partial charge on any atom is -0.409 e. The van der Waals surface area contributed by atoms with Crippen LogP contribution in [0.25, 0.3) is 0 Å². The van der Waals surface area contributed by atoms with Gasteiger partial charge in [0.2, 0.25) is 5.91 Å². The molecular formula is C13H17N3O2S. The van der Waals surface area contributed by atoms with Gasteiger partial charge in [-0.1, -0.05) is 17.3 Å². The lowest BCUT2D eigenvalue weighted by Gasteiger charge is -2.13. The number of aryl methyl sites for hydroxylation is 1. The van der Waals surface area contributed by atoms with Crippen LogP contribution < -0.4 is 11.1 Å². The number of nitrogens with zero attached hydrogens (tertiary/aromatic N) is 1. The monoisotopic (exact) mass is 279 g/mol. The van der Waals surface area contributed by atoms with Gasteiger partial charge in [-0.15, -0.1) is 11.8 Å². The normalized spacial score (nSPS) is 19.4. The number of amidine groups is 1. The highest BCUT2D eigenvalue weighted by molar-refractivity contribution is 8.00. The third-order valence-electron chi connectivity index (χ3n) is 3.12. The van der Waals surface area contributed by atoms with Crippen LogP contribution in [0.5, 0.6) is 0 Å². The summed E-state index contributed by atoms with van der Waals surface area (Å²) in [5.74, 6) is 1.11. The number of carbonyl (C=O) groups is 1. The molecule has 19 heavy (non-hydrogen) atoms. The van der Waals surface area contributed by atoms with Gasteiger partial charge in [-0.05, 0) is 37.1 Å². The minimum atomic E-state index is 0.0299. The highest BCUT2D eigenvalue weighted by Crippen LogP contribution is 2.28. The van der Waals surface area contributed by atoms with E-state index in [-0.39, 0.29) is 17.0 Å². The summed E-state index contributed by atoms with van der Waals surface area (Å²) in [7, 11) is 0. The number of anilines is 1. The number of nitrogens with two attached hydrogens (primary N) is 1. The standard InChI is InChI=1S/C13H17N3O2S/c1-8-4-5-9(12(14)16-18)7-10(8)15-13(17)11-3-2-6-19-11/h4-5,7,11,18H,2-3,6H2,1H3,(H2,14,16)(H,15,17). The molecule has 1 aliphatic rings. The number of nitrogens with one attached hydrogen (secondary N) is 1. The summed E-state index contributed by atoms with van der Waals surface area (Å²) in [5, 5.41) is 14.6. The molecular weight excluding hydrogens is 262 g/mol. The highest BCUT2D eigenvalue weighted by Gasteiger charge is 2.23. The van der Waals surface area contributed by atoms with Gasteiger partial charge < -0.3 is 16.3 Å². The molecule has 1 saturated heterocycles. The second kappa shape index (κ2) is 5.97. The van der Waals surface area contributed by atoms with Crippen molar-refractivity contribution in [3.05, 3.63) is 29.3 Å². The van der Waals surface area contributed by atoms with Crippen molar-refractivity contribution in [2.45, 2.75) is 25.0 Å². The van der Waals surface area contributed by atoms with E-state index in [1.807, 2.05) is 13.0 Å². The van der Waals surface area contributed by atoms with Gasteiger partial charge in [0.05, 0.1) is 5.25 Å². The van der Waals surface area contributed by atoms with Crippen molar-refractivity contribution in [3.63, 3.8) is 0 Å². The highest BCUT2D eigenvalue weighted by atomic mass is 32.2. The molecule has 0 radical (unpaired) electrons. The Balaban J connectivity index is 2.16. The first kappa shape index (κ1) is 13.7. The summed E-state index contributed by atoms with van der Waals surface area (Å²) in [6.07, 6.45) is 2.02. The first-order valence-corrected chi connectivity index (χ1v) is 7.17. The molecule has 0 aromatic heterocycles. The number of benzene rings is 1. The largest absolute Gasteiger partial charge is 0.409 e. The molecule has 102 valence electrons. The van der Waals surface area contributed by atoms with E-state index < -0.39 is 0 Å². The molecule has 0 saturated carbocycles. The molecule has 0 spiro atoms. The predicted molar refractivity (Wildman–Crippen MR) is 77.8 cm³/mol. The van der Waals surface area contributed by atoms with E-state index in [1.54, 1.807) is 23.9 Å². The molecule has 4 N–H and O–H groups in total. The Morgan fingerprint density at radius 3 is 3.00 bits per heavy atom. The molecule has 6 heteroatoms. The number of hydrogen-bond acceptors (Lipinski definition) is 4. The molecule has 1 amide bonds. The quantitative estimate of drug-likeness (QED) is 0.341. The Labute approximate surface area is 116 Å². The van der Waals surface area contributed by atoms with Crippen LogP contribution in [0.1, 0.15) is 24.0 Å². The Hall–Kier alpha value is -1.69. The summed E-state index contributed by atoms with van der Waals surface area (Å²) in [6, 6.07) is 5.32. The van der Waals surface area contributed by atoms with Crippen molar-refractivity contribution in [2.75, 3.05) is 11.1 Å². The van der Waals surface area contributed by atoms with Gasteiger partial charge in [-0.3, -0.25) is 4.79 Å². The summed E-state index contributed by atoms with van der Waals surface area (Å²) in [6.45, 7) is 1.91. The zero-order chi connectivity index (χ0) is 13.8. The molecule has 1 fully saturated rings. The smallest absolute Gasteiger partial charge is 0.237 e. The van der Waals surface area contributed by atoms with Gasteiger partial charge in [0.25, 0.3) is 0 Å². The van der Waals surface area contributed by atoms with Crippen molar-refractivity contribution in [2.24, 2.45) is 10.9 Å². The maximum absolute atomic E-state index is 12.1. The average Bonchev–Trinajstić information content (AvgIpc) is 2.94. The van der Waals surface area contributed by atoms with E-state index in [1.165, 1.54) is 0 Å². The summed E-state index contributed by atoms with van der Waals surface area (Å²) in [5.41, 5.74) is 7.79. The van der Waals surface area contributed by atoms with E-state index in [0.717, 1.165) is 24.2 Å². The molecule has 1 heterocycles. The van der Waals surface area contributed by atoms with E-state index in [2.05, 4.69) is 10.5 Å². The van der Waals surface area contributed by atoms with Crippen LogP contribution in [0.2, 0.25) is 0 Å². The van der Waals surface area contributed by atoms with Crippen molar-refractivity contribution >= 4 is 29.2 Å². The van der Waals surface area contributed by atoms with Crippen molar-refractivity contribution in [1.29, 1.82) is 0 Å². The SMILES string of the molecule is Cc1ccc(C(N)=NO)cc1NC(=O)C1CCCS1. The molecule has 1 aromatic rings. The fourth-order valence-corrected chi connectivity index (χ4v) is 3.13. The van der Waals surface area contributed by atoms with Crippen LogP contribution >= 0.6 is 11.8 Å². The average molecular weight is 279 g/mol. The summed E-state index contributed by atoms with van der Waals surface area (Å²) < 4.78 is 0.